The highest BCUT2D eigenvalue weighted by Crippen LogP contribution is 2.32. The number of carbonyl (C=O) groups excluding carboxylic acids is 2. The first kappa shape index (κ1) is 16.0. The van der Waals surface area contributed by atoms with E-state index in [9.17, 15) is 18.0 Å². The topological polar surface area (TPSA) is 105 Å². The Bertz CT molecular complexity index is 764. The van der Waals surface area contributed by atoms with Crippen LogP contribution in [0.2, 0.25) is 0 Å². The molecule has 1 aliphatic rings. The summed E-state index contributed by atoms with van der Waals surface area (Å²) >= 11 is 0. The van der Waals surface area contributed by atoms with E-state index in [4.69, 9.17) is 10.00 Å². The van der Waals surface area contributed by atoms with Crippen LogP contribution in [0.25, 0.3) is 0 Å². The Kier molecular flexibility index (Phi) is 4.47. The zero-order chi connectivity index (χ0) is 16.3. The minimum atomic E-state index is -3.75. The molecule has 0 spiro atoms. The molecule has 0 radical (unpaired) electrons. The first-order valence-electron chi connectivity index (χ1n) is 6.55. The Balaban J connectivity index is 2.31. The molecule has 1 heterocycles. The second-order valence-electron chi connectivity index (χ2n) is 4.72. The molecule has 1 amide bonds. The molecule has 0 aliphatic carbocycles. The summed E-state index contributed by atoms with van der Waals surface area (Å²) in [6.45, 7) is 2.14. The third-order valence-electron chi connectivity index (χ3n) is 3.18. The number of hydrogen-bond acceptors (Lipinski definition) is 6. The Morgan fingerprint density at radius 3 is 2.82 bits per heavy atom. The van der Waals surface area contributed by atoms with E-state index in [1.165, 1.54) is 29.2 Å². The normalized spacial score (nSPS) is 14.0. The maximum absolute atomic E-state index is 12.1. The lowest BCUT2D eigenvalue weighted by atomic mass is 10.1. The summed E-state index contributed by atoms with van der Waals surface area (Å²) in [5, 5.41) is 8.44. The van der Waals surface area contributed by atoms with Crippen molar-refractivity contribution < 1.29 is 22.7 Å². The van der Waals surface area contributed by atoms with E-state index < -0.39 is 27.1 Å². The molecule has 0 saturated carbocycles. The molecule has 0 saturated heterocycles. The second kappa shape index (κ2) is 6.15. The van der Waals surface area contributed by atoms with Gasteiger partial charge in [-0.25, -0.2) is 8.42 Å². The van der Waals surface area contributed by atoms with Gasteiger partial charge in [-0.2, -0.15) is 5.26 Å². The van der Waals surface area contributed by atoms with Crippen LogP contribution >= 0.6 is 0 Å². The molecule has 116 valence electrons. The third-order valence-corrected chi connectivity index (χ3v) is 4.45. The Labute approximate surface area is 128 Å². The highest BCUT2D eigenvalue weighted by Gasteiger charge is 2.26. The van der Waals surface area contributed by atoms with E-state index in [-0.39, 0.29) is 18.1 Å². The molecular formula is C14H14N2O5S. The number of ether oxygens (including phenoxy) is 1. The summed E-state index contributed by atoms with van der Waals surface area (Å²) in [7, 11) is -3.75. The van der Waals surface area contributed by atoms with Crippen LogP contribution in [0.3, 0.4) is 0 Å². The number of ketones is 1. The predicted molar refractivity (Wildman–Crippen MR) is 78.6 cm³/mol. The van der Waals surface area contributed by atoms with Gasteiger partial charge in [0.05, 0.1) is 11.8 Å². The van der Waals surface area contributed by atoms with Gasteiger partial charge in [-0.05, 0) is 25.1 Å². The highest BCUT2D eigenvalue weighted by atomic mass is 32.2. The Morgan fingerprint density at radius 2 is 2.18 bits per heavy atom. The van der Waals surface area contributed by atoms with Crippen molar-refractivity contribution in [3.05, 3.63) is 23.8 Å². The monoisotopic (exact) mass is 322 g/mol. The van der Waals surface area contributed by atoms with Gasteiger partial charge in [0.1, 0.15) is 17.3 Å². The number of sulfone groups is 1. The smallest absolute Gasteiger partial charge is 0.265 e. The number of fused-ring (bicyclic) bond motifs is 1. The van der Waals surface area contributed by atoms with Crippen molar-refractivity contribution >= 4 is 27.2 Å². The molecule has 2 rings (SSSR count). The number of likely N-dealkylation sites (N-methyl/N-ethyl adjacent to an activating group) is 1. The number of hydrogen-bond donors (Lipinski definition) is 0. The number of anilines is 1. The second-order valence-corrected chi connectivity index (χ2v) is 6.79. The molecule has 0 N–H and O–H groups in total. The van der Waals surface area contributed by atoms with Crippen LogP contribution in [0.1, 0.15) is 17.3 Å². The average molecular weight is 322 g/mol. The van der Waals surface area contributed by atoms with E-state index in [1.54, 1.807) is 6.92 Å². The molecule has 1 aromatic carbocycles. The number of carbonyl (C=O) groups is 2. The van der Waals surface area contributed by atoms with Gasteiger partial charge in [0.25, 0.3) is 5.91 Å². The van der Waals surface area contributed by atoms with Crippen molar-refractivity contribution in [2.45, 2.75) is 6.92 Å². The predicted octanol–water partition coefficient (Wildman–Crippen LogP) is 0.553. The van der Waals surface area contributed by atoms with Gasteiger partial charge in [0, 0.05) is 12.1 Å². The summed E-state index contributed by atoms with van der Waals surface area (Å²) in [4.78, 5) is 25.3. The number of benzene rings is 1. The number of nitrogens with zero attached hydrogens (tertiary/aromatic N) is 2. The molecule has 7 nitrogen and oxygen atoms in total. The highest BCUT2D eigenvalue weighted by molar-refractivity contribution is 7.92. The third kappa shape index (κ3) is 3.26. The Hall–Kier alpha value is -2.40. The van der Waals surface area contributed by atoms with Crippen molar-refractivity contribution in [2.24, 2.45) is 0 Å². The summed E-state index contributed by atoms with van der Waals surface area (Å²) in [5.41, 5.74) is 0.610. The molecule has 1 aliphatic heterocycles. The zero-order valence-electron chi connectivity index (χ0n) is 11.9. The van der Waals surface area contributed by atoms with Gasteiger partial charge >= 0.3 is 0 Å². The minimum absolute atomic E-state index is 0.0648. The van der Waals surface area contributed by atoms with Gasteiger partial charge in [0.15, 0.2) is 22.2 Å². The van der Waals surface area contributed by atoms with Crippen LogP contribution in [0.15, 0.2) is 18.2 Å². The standard InChI is InChI=1S/C14H14N2O5S/c1-2-16-11-7-10(3-4-13(11)21-8-14(16)18)12(17)9-22(19,20)6-5-15/h3-4,7H,2,6,8-9H2,1H3. The zero-order valence-corrected chi connectivity index (χ0v) is 12.7. The molecule has 0 unspecified atom stereocenters. The van der Waals surface area contributed by atoms with Gasteiger partial charge < -0.3 is 9.64 Å². The molecular weight excluding hydrogens is 308 g/mol. The van der Waals surface area contributed by atoms with E-state index >= 15 is 0 Å². The van der Waals surface area contributed by atoms with Crippen LogP contribution in [0, 0.1) is 11.3 Å². The molecule has 0 fully saturated rings. The van der Waals surface area contributed by atoms with Crippen LogP contribution < -0.4 is 9.64 Å². The minimum Gasteiger partial charge on any atom is -0.482 e. The van der Waals surface area contributed by atoms with E-state index in [0.717, 1.165) is 0 Å². The number of Topliss-reactive ketones (excluding diaryl/α,β-unsaturated/α-hetero) is 1. The van der Waals surface area contributed by atoms with Gasteiger partial charge in [0.2, 0.25) is 0 Å². The lowest BCUT2D eigenvalue weighted by molar-refractivity contribution is -0.121. The van der Waals surface area contributed by atoms with Crippen molar-refractivity contribution in [1.29, 1.82) is 5.26 Å². The maximum Gasteiger partial charge on any atom is 0.265 e. The van der Waals surface area contributed by atoms with Crippen molar-refractivity contribution in [3.8, 4) is 11.8 Å². The fourth-order valence-electron chi connectivity index (χ4n) is 2.15. The van der Waals surface area contributed by atoms with E-state index in [1.807, 2.05) is 0 Å². The maximum atomic E-state index is 12.1. The SMILES string of the molecule is CCN1C(=O)COc2ccc(C(=O)CS(=O)(=O)CC#N)cc21. The number of nitriles is 1. The summed E-state index contributed by atoms with van der Waals surface area (Å²) in [6, 6.07) is 5.96. The molecule has 22 heavy (non-hydrogen) atoms. The van der Waals surface area contributed by atoms with Crippen molar-refractivity contribution in [1.82, 2.24) is 0 Å². The number of amides is 1. The van der Waals surface area contributed by atoms with Gasteiger partial charge in [-0.15, -0.1) is 0 Å². The first-order valence-corrected chi connectivity index (χ1v) is 8.38. The van der Waals surface area contributed by atoms with Gasteiger partial charge in [-0.1, -0.05) is 0 Å². The lowest BCUT2D eigenvalue weighted by Gasteiger charge is -2.28. The van der Waals surface area contributed by atoms with Gasteiger partial charge in [-0.3, -0.25) is 9.59 Å². The summed E-state index contributed by atoms with van der Waals surface area (Å²) < 4.78 is 28.4. The fourth-order valence-corrected chi connectivity index (χ4v) is 3.02. The van der Waals surface area contributed by atoms with Crippen LogP contribution in [-0.2, 0) is 14.6 Å². The first-order chi connectivity index (χ1) is 10.4. The number of rotatable bonds is 5. The van der Waals surface area contributed by atoms with Crippen molar-refractivity contribution in [2.75, 3.05) is 29.6 Å². The van der Waals surface area contributed by atoms with Crippen LogP contribution in [-0.4, -0.2) is 44.8 Å². The average Bonchev–Trinajstić information content (AvgIpc) is 2.46. The quantitative estimate of drug-likeness (QED) is 0.733. The Morgan fingerprint density at radius 1 is 1.45 bits per heavy atom. The van der Waals surface area contributed by atoms with E-state index in [0.29, 0.717) is 18.0 Å². The molecule has 1 aromatic rings. The summed E-state index contributed by atoms with van der Waals surface area (Å²) in [6.07, 6.45) is 0. The van der Waals surface area contributed by atoms with Crippen molar-refractivity contribution in [3.63, 3.8) is 0 Å². The molecule has 8 heteroatoms. The summed E-state index contributed by atoms with van der Waals surface area (Å²) in [5.74, 6) is -1.81. The largest absolute Gasteiger partial charge is 0.482 e. The lowest BCUT2D eigenvalue weighted by Crippen LogP contribution is -2.38. The van der Waals surface area contributed by atoms with Crippen LogP contribution in [0.4, 0.5) is 5.69 Å². The molecule has 0 bridgehead atoms. The molecule has 0 atom stereocenters. The van der Waals surface area contributed by atoms with E-state index in [2.05, 4.69) is 0 Å². The fraction of sp³-hybridized carbons (Fsp3) is 0.357. The molecule has 0 aromatic heterocycles. The van der Waals surface area contributed by atoms with Crippen LogP contribution in [0.5, 0.6) is 5.75 Å².